The van der Waals surface area contributed by atoms with Crippen molar-refractivity contribution in [1.82, 2.24) is 4.90 Å². The maximum absolute atomic E-state index is 13.1. The molecule has 1 aliphatic heterocycles. The highest BCUT2D eigenvalue weighted by Gasteiger charge is 2.33. The van der Waals surface area contributed by atoms with Crippen LogP contribution in [-0.4, -0.2) is 31.6 Å². The SMILES string of the molecule is COc1ccc(NC(=O)[C@@H]2CC[C@H](c3ccccc3)N(Cc3cccc(OC)c3)C2)cc1. The zero-order valence-corrected chi connectivity index (χ0v) is 18.7. The summed E-state index contributed by atoms with van der Waals surface area (Å²) in [7, 11) is 3.32. The van der Waals surface area contributed by atoms with Crippen LogP contribution >= 0.6 is 0 Å². The minimum atomic E-state index is -0.0670. The third kappa shape index (κ3) is 5.29. The minimum Gasteiger partial charge on any atom is -0.497 e. The van der Waals surface area contributed by atoms with Crippen molar-refractivity contribution < 1.29 is 14.3 Å². The van der Waals surface area contributed by atoms with Gasteiger partial charge < -0.3 is 14.8 Å². The van der Waals surface area contributed by atoms with Crippen molar-refractivity contribution in [1.29, 1.82) is 0 Å². The lowest BCUT2D eigenvalue weighted by atomic mass is 9.88. The van der Waals surface area contributed by atoms with Crippen LogP contribution < -0.4 is 14.8 Å². The number of amides is 1. The number of anilines is 1. The summed E-state index contributed by atoms with van der Waals surface area (Å²) >= 11 is 0. The Labute approximate surface area is 190 Å². The Morgan fingerprint density at radius 2 is 1.66 bits per heavy atom. The van der Waals surface area contributed by atoms with Gasteiger partial charge in [0, 0.05) is 24.8 Å². The maximum Gasteiger partial charge on any atom is 0.228 e. The summed E-state index contributed by atoms with van der Waals surface area (Å²) in [4.78, 5) is 15.5. The molecule has 3 aromatic rings. The van der Waals surface area contributed by atoms with Crippen LogP contribution in [0.4, 0.5) is 5.69 Å². The molecule has 5 nitrogen and oxygen atoms in total. The van der Waals surface area contributed by atoms with Crippen LogP contribution in [0.15, 0.2) is 78.9 Å². The third-order valence-corrected chi connectivity index (χ3v) is 6.12. The van der Waals surface area contributed by atoms with Gasteiger partial charge in [-0.15, -0.1) is 0 Å². The summed E-state index contributed by atoms with van der Waals surface area (Å²) in [6.45, 7) is 1.47. The van der Waals surface area contributed by atoms with Gasteiger partial charge in [0.15, 0.2) is 0 Å². The minimum absolute atomic E-state index is 0.0670. The molecule has 32 heavy (non-hydrogen) atoms. The largest absolute Gasteiger partial charge is 0.497 e. The van der Waals surface area contributed by atoms with Crippen LogP contribution in [0, 0.1) is 5.92 Å². The smallest absolute Gasteiger partial charge is 0.228 e. The Kier molecular flexibility index (Phi) is 7.07. The monoisotopic (exact) mass is 430 g/mol. The van der Waals surface area contributed by atoms with Crippen molar-refractivity contribution in [3.63, 3.8) is 0 Å². The van der Waals surface area contributed by atoms with Crippen molar-refractivity contribution >= 4 is 11.6 Å². The number of rotatable bonds is 7. The highest BCUT2D eigenvalue weighted by molar-refractivity contribution is 5.92. The molecule has 0 saturated carbocycles. The van der Waals surface area contributed by atoms with E-state index in [1.165, 1.54) is 11.1 Å². The second-order valence-electron chi connectivity index (χ2n) is 8.20. The lowest BCUT2D eigenvalue weighted by molar-refractivity contribution is -0.122. The van der Waals surface area contributed by atoms with Gasteiger partial charge in [-0.05, 0) is 60.4 Å². The number of carbonyl (C=O) groups excluding carboxylic acids is 1. The van der Waals surface area contributed by atoms with Crippen molar-refractivity contribution in [2.45, 2.75) is 25.4 Å². The topological polar surface area (TPSA) is 50.8 Å². The molecule has 3 aromatic carbocycles. The first-order chi connectivity index (χ1) is 15.7. The summed E-state index contributed by atoms with van der Waals surface area (Å²) in [5.74, 6) is 1.63. The summed E-state index contributed by atoms with van der Waals surface area (Å²) in [6.07, 6.45) is 1.80. The molecule has 166 valence electrons. The van der Waals surface area contributed by atoms with Crippen molar-refractivity contribution in [2.24, 2.45) is 5.92 Å². The standard InChI is InChI=1S/C27H30N2O3/c1-31-24-14-12-23(13-15-24)28-27(30)22-11-16-26(21-8-4-3-5-9-21)29(19-22)18-20-7-6-10-25(17-20)32-2/h3-10,12-15,17,22,26H,11,16,18-19H2,1-2H3,(H,28,30)/t22-,26-/m1/s1. The van der Waals surface area contributed by atoms with Crippen LogP contribution in [0.1, 0.15) is 30.0 Å². The first-order valence-corrected chi connectivity index (χ1v) is 11.0. The van der Waals surface area contributed by atoms with E-state index in [-0.39, 0.29) is 17.9 Å². The van der Waals surface area contributed by atoms with E-state index in [4.69, 9.17) is 9.47 Å². The van der Waals surface area contributed by atoms with Crippen LogP contribution in [0.2, 0.25) is 0 Å². The number of methoxy groups -OCH3 is 2. The van der Waals surface area contributed by atoms with E-state index in [2.05, 4.69) is 46.6 Å². The summed E-state index contributed by atoms with van der Waals surface area (Å²) in [6, 6.07) is 26.5. The highest BCUT2D eigenvalue weighted by atomic mass is 16.5. The molecule has 5 heteroatoms. The fourth-order valence-electron chi connectivity index (χ4n) is 4.41. The Morgan fingerprint density at radius 3 is 2.38 bits per heavy atom. The van der Waals surface area contributed by atoms with E-state index in [0.717, 1.165) is 36.6 Å². The molecule has 0 unspecified atom stereocenters. The van der Waals surface area contributed by atoms with E-state index in [1.54, 1.807) is 14.2 Å². The quantitative estimate of drug-likeness (QED) is 0.553. The number of hydrogen-bond acceptors (Lipinski definition) is 4. The molecule has 0 aromatic heterocycles. The van der Waals surface area contributed by atoms with Gasteiger partial charge in [-0.25, -0.2) is 0 Å². The molecular formula is C27H30N2O3. The summed E-state index contributed by atoms with van der Waals surface area (Å²) in [5, 5.41) is 3.08. The maximum atomic E-state index is 13.1. The lowest BCUT2D eigenvalue weighted by Crippen LogP contribution is -2.42. The number of likely N-dealkylation sites (tertiary alicyclic amines) is 1. The number of carbonyl (C=O) groups is 1. The van der Waals surface area contributed by atoms with Gasteiger partial charge in [0.2, 0.25) is 5.91 Å². The Hall–Kier alpha value is -3.31. The molecule has 0 aliphatic carbocycles. The number of ether oxygens (including phenoxy) is 2. The van der Waals surface area contributed by atoms with Gasteiger partial charge in [-0.3, -0.25) is 9.69 Å². The number of benzene rings is 3. The van der Waals surface area contributed by atoms with Gasteiger partial charge in [-0.1, -0.05) is 42.5 Å². The zero-order chi connectivity index (χ0) is 22.3. The molecular weight excluding hydrogens is 400 g/mol. The Bertz CT molecular complexity index is 1020. The van der Waals surface area contributed by atoms with Crippen LogP contribution in [-0.2, 0) is 11.3 Å². The molecule has 0 spiro atoms. The molecule has 2 atom stereocenters. The first kappa shape index (κ1) is 21.9. The second-order valence-corrected chi connectivity index (χ2v) is 8.20. The third-order valence-electron chi connectivity index (χ3n) is 6.12. The Morgan fingerprint density at radius 1 is 0.906 bits per heavy atom. The summed E-state index contributed by atoms with van der Waals surface area (Å²) < 4.78 is 10.6. The molecule has 0 radical (unpaired) electrons. The van der Waals surface area contributed by atoms with E-state index in [1.807, 2.05) is 42.5 Å². The lowest BCUT2D eigenvalue weighted by Gasteiger charge is -2.39. The average Bonchev–Trinajstić information content (AvgIpc) is 2.85. The Balaban J connectivity index is 1.50. The molecule has 1 amide bonds. The molecule has 1 fully saturated rings. The van der Waals surface area contributed by atoms with Crippen LogP contribution in [0.3, 0.4) is 0 Å². The van der Waals surface area contributed by atoms with E-state index >= 15 is 0 Å². The van der Waals surface area contributed by atoms with E-state index in [9.17, 15) is 4.79 Å². The molecule has 4 rings (SSSR count). The average molecular weight is 431 g/mol. The second kappa shape index (κ2) is 10.3. The number of nitrogens with one attached hydrogen (secondary N) is 1. The van der Waals surface area contributed by atoms with Crippen molar-refractivity contribution in [2.75, 3.05) is 26.1 Å². The summed E-state index contributed by atoms with van der Waals surface area (Å²) in [5.41, 5.74) is 3.27. The van der Waals surface area contributed by atoms with Crippen molar-refractivity contribution in [3.8, 4) is 11.5 Å². The van der Waals surface area contributed by atoms with Gasteiger partial charge in [0.25, 0.3) is 0 Å². The zero-order valence-electron chi connectivity index (χ0n) is 18.7. The van der Waals surface area contributed by atoms with Crippen LogP contribution in [0.5, 0.6) is 11.5 Å². The number of piperidine rings is 1. The molecule has 0 bridgehead atoms. The van der Waals surface area contributed by atoms with E-state index in [0.29, 0.717) is 6.54 Å². The molecule has 1 aliphatic rings. The first-order valence-electron chi connectivity index (χ1n) is 11.0. The predicted molar refractivity (Wildman–Crippen MR) is 127 cm³/mol. The number of nitrogens with zero attached hydrogens (tertiary/aromatic N) is 1. The van der Waals surface area contributed by atoms with Gasteiger partial charge in [0.05, 0.1) is 20.1 Å². The fourth-order valence-corrected chi connectivity index (χ4v) is 4.41. The van der Waals surface area contributed by atoms with Crippen molar-refractivity contribution in [3.05, 3.63) is 90.0 Å². The predicted octanol–water partition coefficient (Wildman–Crippen LogP) is 5.30. The molecule has 1 N–H and O–H groups in total. The van der Waals surface area contributed by atoms with Gasteiger partial charge in [0.1, 0.15) is 11.5 Å². The molecule has 1 saturated heterocycles. The highest BCUT2D eigenvalue weighted by Crippen LogP contribution is 2.35. The fraction of sp³-hybridized carbons (Fsp3) is 0.296. The molecule has 1 heterocycles. The van der Waals surface area contributed by atoms with Gasteiger partial charge in [-0.2, -0.15) is 0 Å². The van der Waals surface area contributed by atoms with Crippen LogP contribution in [0.25, 0.3) is 0 Å². The normalized spacial score (nSPS) is 18.7. The van der Waals surface area contributed by atoms with Gasteiger partial charge >= 0.3 is 0 Å². The number of hydrogen-bond donors (Lipinski definition) is 1. The van der Waals surface area contributed by atoms with E-state index < -0.39 is 0 Å².